The summed E-state index contributed by atoms with van der Waals surface area (Å²) in [7, 11) is -4.12. The van der Waals surface area contributed by atoms with Crippen LogP contribution in [0.25, 0.3) is 0 Å². The van der Waals surface area contributed by atoms with Crippen LogP contribution in [0.1, 0.15) is 38.2 Å². The number of nitrogens with one attached hydrogen (secondary N) is 1. The second-order valence-electron chi connectivity index (χ2n) is 9.74. The zero-order chi connectivity index (χ0) is 28.9. The molecule has 1 atom stereocenters. The Labute approximate surface area is 253 Å². The molecule has 3 aromatic carbocycles. The first kappa shape index (κ1) is 30.4. The van der Waals surface area contributed by atoms with Crippen LogP contribution in [0.4, 0.5) is 5.69 Å². The lowest BCUT2D eigenvalue weighted by Crippen LogP contribution is -2.52. The third-order valence-electron chi connectivity index (χ3n) is 6.91. The molecule has 11 heteroatoms. The Morgan fingerprint density at radius 3 is 2.33 bits per heavy atom. The van der Waals surface area contributed by atoms with Gasteiger partial charge in [-0.05, 0) is 67.8 Å². The van der Waals surface area contributed by atoms with Crippen molar-refractivity contribution in [2.45, 2.75) is 56.1 Å². The topological polar surface area (TPSA) is 86.8 Å². The van der Waals surface area contributed by atoms with Crippen molar-refractivity contribution in [2.24, 2.45) is 0 Å². The number of sulfonamides is 1. The van der Waals surface area contributed by atoms with Crippen LogP contribution in [0, 0.1) is 0 Å². The summed E-state index contributed by atoms with van der Waals surface area (Å²) in [4.78, 5) is 28.7. The van der Waals surface area contributed by atoms with Gasteiger partial charge in [-0.1, -0.05) is 82.3 Å². The highest BCUT2D eigenvalue weighted by molar-refractivity contribution is 9.10. The fourth-order valence-corrected chi connectivity index (χ4v) is 6.82. The number of amides is 2. The summed E-state index contributed by atoms with van der Waals surface area (Å²) < 4.78 is 29.3. The third kappa shape index (κ3) is 7.37. The molecule has 1 N–H and O–H groups in total. The number of hydrogen-bond donors (Lipinski definition) is 1. The zero-order valence-electron chi connectivity index (χ0n) is 21.9. The van der Waals surface area contributed by atoms with Gasteiger partial charge in [-0.15, -0.1) is 0 Å². The summed E-state index contributed by atoms with van der Waals surface area (Å²) in [6.07, 6.45) is 3.88. The molecule has 40 heavy (non-hydrogen) atoms. The Hall–Kier alpha value is -2.59. The van der Waals surface area contributed by atoms with Gasteiger partial charge in [0.25, 0.3) is 10.0 Å². The molecule has 0 saturated heterocycles. The summed E-state index contributed by atoms with van der Waals surface area (Å²) in [6.45, 7) is 1.16. The van der Waals surface area contributed by atoms with E-state index in [0.29, 0.717) is 25.8 Å². The molecule has 1 saturated carbocycles. The minimum atomic E-state index is -4.12. The minimum absolute atomic E-state index is 0.0344. The van der Waals surface area contributed by atoms with Crippen LogP contribution in [0.3, 0.4) is 0 Å². The predicted octanol–water partition coefficient (Wildman–Crippen LogP) is 6.43. The number of hydrogen-bond acceptors (Lipinski definition) is 4. The van der Waals surface area contributed by atoms with Crippen molar-refractivity contribution in [1.82, 2.24) is 10.2 Å². The van der Waals surface area contributed by atoms with Gasteiger partial charge in [0.15, 0.2) is 0 Å². The standard InChI is InChI=1S/C29H30BrCl2N3O4S/c1-20(29(37)33-23-9-5-6-10-23)34(18-21-14-15-26(31)27(32)16-21)28(36)19-35(24-11-7-8-22(30)17-24)40(38,39)25-12-3-2-4-13-25/h2-4,7-8,11-17,20,23H,5-6,9-10,18-19H2,1H3,(H,33,37)/t20-/m0/s1. The molecular formula is C29H30BrCl2N3O4S. The Morgan fingerprint density at radius 1 is 0.975 bits per heavy atom. The highest BCUT2D eigenvalue weighted by Crippen LogP contribution is 2.28. The number of carbonyl (C=O) groups is 2. The van der Waals surface area contributed by atoms with Gasteiger partial charge < -0.3 is 10.2 Å². The molecule has 1 aliphatic rings. The first-order chi connectivity index (χ1) is 19.1. The van der Waals surface area contributed by atoms with E-state index in [4.69, 9.17) is 23.2 Å². The Bertz CT molecular complexity index is 1470. The maximum absolute atomic E-state index is 14.0. The molecule has 0 unspecified atom stereocenters. The average Bonchev–Trinajstić information content (AvgIpc) is 3.45. The summed E-state index contributed by atoms with van der Waals surface area (Å²) in [5.41, 5.74) is 0.965. The fourth-order valence-electron chi connectivity index (χ4n) is 4.69. The molecule has 2 amide bonds. The van der Waals surface area contributed by atoms with Crippen molar-refractivity contribution < 1.29 is 18.0 Å². The van der Waals surface area contributed by atoms with E-state index in [9.17, 15) is 18.0 Å². The zero-order valence-corrected chi connectivity index (χ0v) is 25.8. The summed E-state index contributed by atoms with van der Waals surface area (Å²) in [5, 5.41) is 3.73. The number of halogens is 3. The van der Waals surface area contributed by atoms with Gasteiger partial charge in [0.05, 0.1) is 20.6 Å². The third-order valence-corrected chi connectivity index (χ3v) is 9.93. The summed E-state index contributed by atoms with van der Waals surface area (Å²) in [6, 6.07) is 18.8. The smallest absolute Gasteiger partial charge is 0.264 e. The summed E-state index contributed by atoms with van der Waals surface area (Å²) in [5.74, 6) is -0.833. The molecule has 0 aromatic heterocycles. The van der Waals surface area contributed by atoms with Crippen molar-refractivity contribution in [1.29, 1.82) is 0 Å². The van der Waals surface area contributed by atoms with Crippen LogP contribution in [-0.4, -0.2) is 43.8 Å². The van der Waals surface area contributed by atoms with E-state index in [2.05, 4.69) is 21.2 Å². The van der Waals surface area contributed by atoms with E-state index in [-0.39, 0.29) is 23.4 Å². The van der Waals surface area contributed by atoms with E-state index in [1.54, 1.807) is 67.6 Å². The largest absolute Gasteiger partial charge is 0.352 e. The van der Waals surface area contributed by atoms with Gasteiger partial charge in [0.2, 0.25) is 11.8 Å². The molecule has 0 bridgehead atoms. The van der Waals surface area contributed by atoms with Gasteiger partial charge in [-0.2, -0.15) is 0 Å². The Balaban J connectivity index is 1.69. The maximum atomic E-state index is 14.0. The Morgan fingerprint density at radius 2 is 1.68 bits per heavy atom. The molecule has 7 nitrogen and oxygen atoms in total. The first-order valence-corrected chi connectivity index (χ1v) is 15.9. The second-order valence-corrected chi connectivity index (χ2v) is 13.3. The number of benzene rings is 3. The van der Waals surface area contributed by atoms with Crippen LogP contribution < -0.4 is 9.62 Å². The number of carbonyl (C=O) groups excluding carboxylic acids is 2. The van der Waals surface area contributed by atoms with E-state index in [1.807, 2.05) is 0 Å². The van der Waals surface area contributed by atoms with Gasteiger partial charge in [-0.3, -0.25) is 13.9 Å². The normalized spacial score (nSPS) is 14.5. The highest BCUT2D eigenvalue weighted by Gasteiger charge is 2.33. The lowest BCUT2D eigenvalue weighted by atomic mass is 10.1. The maximum Gasteiger partial charge on any atom is 0.264 e. The monoisotopic (exact) mass is 665 g/mol. The van der Waals surface area contributed by atoms with E-state index in [0.717, 1.165) is 30.0 Å². The second kappa shape index (κ2) is 13.4. The van der Waals surface area contributed by atoms with Crippen molar-refractivity contribution in [3.63, 3.8) is 0 Å². The first-order valence-electron chi connectivity index (χ1n) is 12.9. The van der Waals surface area contributed by atoms with Gasteiger partial charge in [0.1, 0.15) is 12.6 Å². The van der Waals surface area contributed by atoms with Crippen molar-refractivity contribution in [3.8, 4) is 0 Å². The molecule has 0 radical (unpaired) electrons. The fraction of sp³-hybridized carbons (Fsp3) is 0.310. The van der Waals surface area contributed by atoms with Crippen LogP contribution in [0.15, 0.2) is 82.2 Å². The summed E-state index contributed by atoms with van der Waals surface area (Å²) >= 11 is 15.7. The van der Waals surface area contributed by atoms with E-state index >= 15 is 0 Å². The molecule has 4 rings (SSSR count). The van der Waals surface area contributed by atoms with Crippen LogP contribution in [0.5, 0.6) is 0 Å². The molecule has 1 fully saturated rings. The highest BCUT2D eigenvalue weighted by atomic mass is 79.9. The quantitative estimate of drug-likeness (QED) is 0.270. The SMILES string of the molecule is C[C@@H](C(=O)NC1CCCC1)N(Cc1ccc(Cl)c(Cl)c1)C(=O)CN(c1cccc(Br)c1)S(=O)(=O)c1ccccc1. The minimum Gasteiger partial charge on any atom is -0.352 e. The van der Waals surface area contributed by atoms with Crippen molar-refractivity contribution >= 4 is 66.7 Å². The van der Waals surface area contributed by atoms with E-state index < -0.39 is 28.5 Å². The average molecular weight is 667 g/mol. The molecular weight excluding hydrogens is 637 g/mol. The Kier molecular flexibility index (Phi) is 10.2. The number of anilines is 1. The van der Waals surface area contributed by atoms with Gasteiger partial charge >= 0.3 is 0 Å². The molecule has 1 aliphatic carbocycles. The molecule has 3 aromatic rings. The molecule has 0 aliphatic heterocycles. The van der Waals surface area contributed by atoms with Gasteiger partial charge in [-0.25, -0.2) is 8.42 Å². The number of nitrogens with zero attached hydrogens (tertiary/aromatic N) is 2. The van der Waals surface area contributed by atoms with Gasteiger partial charge in [0, 0.05) is 17.1 Å². The predicted molar refractivity (Wildman–Crippen MR) is 162 cm³/mol. The molecule has 0 heterocycles. The van der Waals surface area contributed by atoms with Crippen molar-refractivity contribution in [2.75, 3.05) is 10.8 Å². The van der Waals surface area contributed by atoms with Crippen molar-refractivity contribution in [3.05, 3.63) is 92.9 Å². The molecule has 0 spiro atoms. The lowest BCUT2D eigenvalue weighted by Gasteiger charge is -2.32. The lowest BCUT2D eigenvalue weighted by molar-refractivity contribution is -0.139. The van der Waals surface area contributed by atoms with Crippen LogP contribution in [0.2, 0.25) is 10.0 Å². The van der Waals surface area contributed by atoms with Crippen LogP contribution >= 0.6 is 39.1 Å². The van der Waals surface area contributed by atoms with E-state index in [1.165, 1.54) is 17.0 Å². The molecule has 212 valence electrons. The van der Waals surface area contributed by atoms with Crippen LogP contribution in [-0.2, 0) is 26.2 Å². The number of rotatable bonds is 10.